The fourth-order valence-electron chi connectivity index (χ4n) is 1.13. The number of aryl methyl sites for hydroxylation is 1. The third-order valence-electron chi connectivity index (χ3n) is 1.66. The van der Waals surface area contributed by atoms with Crippen molar-refractivity contribution in [2.45, 2.75) is 6.92 Å². The number of nitrogens with zero attached hydrogens (tertiary/aromatic N) is 1. The van der Waals surface area contributed by atoms with Gasteiger partial charge in [-0.1, -0.05) is 25.3 Å². The Morgan fingerprint density at radius 1 is 1.29 bits per heavy atom. The number of H-pyrrole nitrogens is 1. The van der Waals surface area contributed by atoms with E-state index in [0.717, 1.165) is 0 Å². The topological polar surface area (TPSA) is 45.8 Å². The standard InChI is InChI=1S/C11H12N2O/c1-4-6-9-10(7-5-2)12-8(3)13-11(9)14/h4-7H,1-2H2,3H3,(H,12,13,14)/b9-6+,10-7+. The number of aromatic nitrogens is 2. The van der Waals surface area contributed by atoms with Crippen LogP contribution < -0.4 is 16.1 Å². The number of hydrogen-bond donors (Lipinski definition) is 1. The summed E-state index contributed by atoms with van der Waals surface area (Å²) in [6, 6.07) is 0. The molecule has 72 valence electrons. The summed E-state index contributed by atoms with van der Waals surface area (Å²) in [4.78, 5) is 18.3. The first-order valence-electron chi connectivity index (χ1n) is 4.21. The van der Waals surface area contributed by atoms with E-state index in [1.807, 2.05) is 0 Å². The van der Waals surface area contributed by atoms with Crippen LogP contribution in [0.5, 0.6) is 0 Å². The van der Waals surface area contributed by atoms with E-state index in [1.54, 1.807) is 31.2 Å². The predicted octanol–water partition coefficient (Wildman–Crippen LogP) is 0.0113. The Hall–Kier alpha value is -1.90. The molecular formula is C11H12N2O. The number of rotatable bonds is 2. The zero-order chi connectivity index (χ0) is 10.6. The zero-order valence-electron chi connectivity index (χ0n) is 8.08. The van der Waals surface area contributed by atoms with Crippen LogP contribution in [0.2, 0.25) is 0 Å². The van der Waals surface area contributed by atoms with Gasteiger partial charge in [-0.2, -0.15) is 0 Å². The van der Waals surface area contributed by atoms with Gasteiger partial charge < -0.3 is 4.98 Å². The van der Waals surface area contributed by atoms with E-state index in [2.05, 4.69) is 23.1 Å². The first-order valence-corrected chi connectivity index (χ1v) is 4.21. The maximum atomic E-state index is 11.5. The van der Waals surface area contributed by atoms with Crippen LogP contribution in [0.4, 0.5) is 0 Å². The quantitative estimate of drug-likeness (QED) is 0.710. The molecule has 14 heavy (non-hydrogen) atoms. The van der Waals surface area contributed by atoms with Crippen LogP contribution in [-0.4, -0.2) is 9.97 Å². The van der Waals surface area contributed by atoms with Gasteiger partial charge in [0.05, 0.1) is 10.6 Å². The Morgan fingerprint density at radius 2 is 1.93 bits per heavy atom. The van der Waals surface area contributed by atoms with Crippen LogP contribution in [0.3, 0.4) is 0 Å². The van der Waals surface area contributed by atoms with Crippen molar-refractivity contribution in [2.75, 3.05) is 0 Å². The summed E-state index contributed by atoms with van der Waals surface area (Å²) in [7, 11) is 0. The molecule has 0 aliphatic rings. The van der Waals surface area contributed by atoms with E-state index in [-0.39, 0.29) is 5.56 Å². The molecule has 0 aliphatic heterocycles. The molecule has 3 heteroatoms. The molecule has 1 aromatic rings. The molecule has 0 atom stereocenters. The lowest BCUT2D eigenvalue weighted by molar-refractivity contribution is 0.973. The van der Waals surface area contributed by atoms with Crippen molar-refractivity contribution in [1.29, 1.82) is 0 Å². The van der Waals surface area contributed by atoms with Gasteiger partial charge >= 0.3 is 0 Å². The van der Waals surface area contributed by atoms with Gasteiger partial charge in [-0.3, -0.25) is 4.79 Å². The Bertz CT molecular complexity index is 523. The molecule has 0 unspecified atom stereocenters. The molecule has 0 radical (unpaired) electrons. The molecule has 0 aliphatic carbocycles. The minimum atomic E-state index is -0.162. The minimum absolute atomic E-state index is 0.162. The van der Waals surface area contributed by atoms with Crippen LogP contribution in [0.25, 0.3) is 12.2 Å². The lowest BCUT2D eigenvalue weighted by Crippen LogP contribution is -2.43. The fraction of sp³-hybridized carbons (Fsp3) is 0.0909. The third kappa shape index (κ3) is 2.07. The second kappa shape index (κ2) is 4.37. The summed E-state index contributed by atoms with van der Waals surface area (Å²) >= 11 is 0. The van der Waals surface area contributed by atoms with E-state index in [4.69, 9.17) is 0 Å². The summed E-state index contributed by atoms with van der Waals surface area (Å²) in [5.41, 5.74) is -0.162. The summed E-state index contributed by atoms with van der Waals surface area (Å²) in [6.07, 6.45) is 6.47. The predicted molar refractivity (Wildman–Crippen MR) is 58.2 cm³/mol. The van der Waals surface area contributed by atoms with E-state index in [9.17, 15) is 4.79 Å². The van der Waals surface area contributed by atoms with Crippen molar-refractivity contribution >= 4 is 12.2 Å². The smallest absolute Gasteiger partial charge is 0.258 e. The largest absolute Gasteiger partial charge is 0.310 e. The molecule has 1 aromatic heterocycles. The van der Waals surface area contributed by atoms with Crippen molar-refractivity contribution in [3.8, 4) is 0 Å². The van der Waals surface area contributed by atoms with E-state index >= 15 is 0 Å². The molecule has 0 saturated carbocycles. The lowest BCUT2D eigenvalue weighted by atomic mass is 10.3. The Labute approximate surface area is 81.8 Å². The highest BCUT2D eigenvalue weighted by Gasteiger charge is 1.93. The molecule has 0 saturated heterocycles. The van der Waals surface area contributed by atoms with Crippen LogP contribution in [0.15, 0.2) is 30.1 Å². The van der Waals surface area contributed by atoms with Gasteiger partial charge in [0.1, 0.15) is 5.82 Å². The van der Waals surface area contributed by atoms with Crippen molar-refractivity contribution < 1.29 is 0 Å². The molecule has 3 nitrogen and oxygen atoms in total. The average molecular weight is 188 g/mol. The van der Waals surface area contributed by atoms with Crippen LogP contribution in [0, 0.1) is 6.92 Å². The second-order valence-electron chi connectivity index (χ2n) is 2.75. The fourth-order valence-corrected chi connectivity index (χ4v) is 1.13. The first kappa shape index (κ1) is 10.2. The highest BCUT2D eigenvalue weighted by atomic mass is 16.1. The molecule has 0 spiro atoms. The number of aromatic amines is 1. The Morgan fingerprint density at radius 3 is 2.50 bits per heavy atom. The zero-order valence-corrected chi connectivity index (χ0v) is 8.08. The summed E-state index contributed by atoms with van der Waals surface area (Å²) in [5.74, 6) is 0.587. The van der Waals surface area contributed by atoms with Crippen LogP contribution in [-0.2, 0) is 0 Å². The summed E-state index contributed by atoms with van der Waals surface area (Å²) < 4.78 is 0. The van der Waals surface area contributed by atoms with Gasteiger partial charge in [0.2, 0.25) is 0 Å². The molecule has 1 rings (SSSR count). The number of nitrogens with one attached hydrogen (secondary N) is 1. The molecule has 0 aromatic carbocycles. The third-order valence-corrected chi connectivity index (χ3v) is 1.66. The minimum Gasteiger partial charge on any atom is -0.310 e. The Kier molecular flexibility index (Phi) is 3.18. The van der Waals surface area contributed by atoms with Gasteiger partial charge in [0.25, 0.3) is 5.56 Å². The molecule has 1 heterocycles. The maximum Gasteiger partial charge on any atom is 0.258 e. The Balaban J connectivity index is 3.80. The van der Waals surface area contributed by atoms with Gasteiger partial charge in [0, 0.05) is 0 Å². The van der Waals surface area contributed by atoms with Gasteiger partial charge in [-0.25, -0.2) is 4.98 Å². The first-order chi connectivity index (χ1) is 6.69. The monoisotopic (exact) mass is 188 g/mol. The molecule has 0 fully saturated rings. The summed E-state index contributed by atoms with van der Waals surface area (Å²) in [5, 5.41) is 1.12. The normalized spacial score (nSPS) is 12.9. The van der Waals surface area contributed by atoms with Crippen molar-refractivity contribution in [3.05, 3.63) is 52.1 Å². The van der Waals surface area contributed by atoms with E-state index in [1.165, 1.54) is 0 Å². The maximum absolute atomic E-state index is 11.5. The van der Waals surface area contributed by atoms with Crippen LogP contribution in [0.1, 0.15) is 5.82 Å². The molecule has 0 amide bonds. The van der Waals surface area contributed by atoms with E-state index < -0.39 is 0 Å². The van der Waals surface area contributed by atoms with Gasteiger partial charge in [0.15, 0.2) is 0 Å². The average Bonchev–Trinajstić information content (AvgIpc) is 2.11. The van der Waals surface area contributed by atoms with Gasteiger partial charge in [-0.15, -0.1) is 0 Å². The lowest BCUT2D eigenvalue weighted by Gasteiger charge is -1.92. The molecular weight excluding hydrogens is 176 g/mol. The number of allylic oxidation sites excluding steroid dienone is 2. The molecule has 1 N–H and O–H groups in total. The van der Waals surface area contributed by atoms with Gasteiger partial charge in [-0.05, 0) is 19.1 Å². The second-order valence-corrected chi connectivity index (χ2v) is 2.75. The SMILES string of the molecule is C=C/C=c1/nc(C)[nH]c(=O)/c1=C/C=C. The van der Waals surface area contributed by atoms with Crippen molar-refractivity contribution in [2.24, 2.45) is 0 Å². The highest BCUT2D eigenvalue weighted by Crippen LogP contribution is 1.70. The van der Waals surface area contributed by atoms with Crippen molar-refractivity contribution in [1.82, 2.24) is 9.97 Å². The van der Waals surface area contributed by atoms with E-state index in [0.29, 0.717) is 16.4 Å². The number of hydrogen-bond acceptors (Lipinski definition) is 2. The highest BCUT2D eigenvalue weighted by molar-refractivity contribution is 5.39. The molecule has 0 bridgehead atoms. The van der Waals surface area contributed by atoms with Crippen LogP contribution >= 0.6 is 0 Å². The summed E-state index contributed by atoms with van der Waals surface area (Å²) in [6.45, 7) is 8.85. The van der Waals surface area contributed by atoms with Crippen molar-refractivity contribution in [3.63, 3.8) is 0 Å².